The Balaban J connectivity index is 0.00000121. The molecule has 4 aliphatic rings. The normalized spacial score (nSPS) is 42.0. The number of ketones is 1. The van der Waals surface area contributed by atoms with E-state index in [-0.39, 0.29) is 56.6 Å². The zero-order valence-electron chi connectivity index (χ0n) is 16.2. The topological polar surface area (TPSA) is 104 Å². The maximum absolute atomic E-state index is 11.9. The summed E-state index contributed by atoms with van der Waals surface area (Å²) in [5.41, 5.74) is 7.01. The van der Waals surface area contributed by atoms with Crippen molar-refractivity contribution in [2.24, 2.45) is 34.3 Å². The number of hydrogen-bond donors (Lipinski definition) is 2. The van der Waals surface area contributed by atoms with Crippen molar-refractivity contribution in [2.75, 3.05) is 0 Å². The van der Waals surface area contributed by atoms with Crippen LogP contribution in [0.3, 0.4) is 0 Å². The van der Waals surface area contributed by atoms with Crippen LogP contribution >= 0.6 is 0 Å². The van der Waals surface area contributed by atoms with Crippen molar-refractivity contribution < 1.29 is 47.8 Å². The Kier molecular flexibility index (Phi) is 7.81. The third kappa shape index (κ3) is 3.76. The fraction of sp³-hybridized carbons (Fsp3) is 0.800. The summed E-state index contributed by atoms with van der Waals surface area (Å²) in [6.45, 7) is 4.71. The second-order valence-corrected chi connectivity index (χ2v) is 9.02. The fourth-order valence-electron chi connectivity index (χ4n) is 6.85. The number of ether oxygens (including phenoxy) is 1. The standard InChI is InChI=1S/C20H29NO3.ClH.H3N.Pt/c1-19-9-7-13(22)11-12(19)3-4-14-15-5-6-17(24-18(21)23)20(15,2)10-8-16(14)19;;;/h11,14-17H,3-10H2,1-2H3,(H2,21,23);1H;1H3;/q;;;+4/p-1. The molecular weight excluding hydrogens is 547 g/mol. The smallest absolute Gasteiger partial charge is 1.00 e. The van der Waals surface area contributed by atoms with Crippen molar-refractivity contribution in [3.05, 3.63) is 11.6 Å². The van der Waals surface area contributed by atoms with Gasteiger partial charge in [0.15, 0.2) is 5.78 Å². The van der Waals surface area contributed by atoms with E-state index < -0.39 is 6.09 Å². The molecule has 0 aromatic carbocycles. The molecule has 6 atom stereocenters. The van der Waals surface area contributed by atoms with E-state index in [1.807, 2.05) is 6.08 Å². The molecule has 4 aliphatic carbocycles. The zero-order chi connectivity index (χ0) is 17.1. The number of carbonyl (C=O) groups is 2. The van der Waals surface area contributed by atoms with Gasteiger partial charge in [0.1, 0.15) is 6.10 Å². The Bertz CT molecular complexity index is 628. The van der Waals surface area contributed by atoms with E-state index in [4.69, 9.17) is 10.5 Å². The molecule has 0 aromatic heterocycles. The van der Waals surface area contributed by atoms with Gasteiger partial charge >= 0.3 is 27.2 Å². The van der Waals surface area contributed by atoms with Crippen LogP contribution in [0.4, 0.5) is 4.79 Å². The first-order chi connectivity index (χ1) is 11.3. The molecule has 0 spiro atoms. The largest absolute Gasteiger partial charge is 4.00 e. The molecule has 3 fully saturated rings. The van der Waals surface area contributed by atoms with Crippen LogP contribution in [0.25, 0.3) is 0 Å². The van der Waals surface area contributed by atoms with E-state index in [0.717, 1.165) is 32.1 Å². The minimum atomic E-state index is -0.629. The molecule has 0 saturated heterocycles. The van der Waals surface area contributed by atoms with Crippen LogP contribution in [0.5, 0.6) is 0 Å². The van der Waals surface area contributed by atoms with E-state index >= 15 is 0 Å². The fourth-order valence-corrected chi connectivity index (χ4v) is 6.85. The summed E-state index contributed by atoms with van der Waals surface area (Å²) >= 11 is 0. The quantitative estimate of drug-likeness (QED) is 0.487. The van der Waals surface area contributed by atoms with Gasteiger partial charge in [0.2, 0.25) is 0 Å². The summed E-state index contributed by atoms with van der Waals surface area (Å²) in [6.07, 6.45) is 9.67. The van der Waals surface area contributed by atoms with Gasteiger partial charge in [-0.15, -0.1) is 0 Å². The summed E-state index contributed by atoms with van der Waals surface area (Å²) < 4.78 is 5.49. The molecule has 4 rings (SSSR count). The minimum absolute atomic E-state index is 0. The van der Waals surface area contributed by atoms with Gasteiger partial charge in [-0.1, -0.05) is 19.4 Å². The molecule has 27 heavy (non-hydrogen) atoms. The number of allylic oxidation sites excluding steroid dienone is 1. The molecule has 5 nitrogen and oxygen atoms in total. The van der Waals surface area contributed by atoms with Gasteiger partial charge < -0.3 is 29.0 Å². The monoisotopic (exact) mass is 578 g/mol. The summed E-state index contributed by atoms with van der Waals surface area (Å²) in [5, 5.41) is 0. The first-order valence-corrected chi connectivity index (χ1v) is 9.54. The van der Waals surface area contributed by atoms with Crippen LogP contribution in [0.1, 0.15) is 65.2 Å². The van der Waals surface area contributed by atoms with Crippen molar-refractivity contribution >= 4 is 11.9 Å². The number of halogens is 1. The number of fused-ring (bicyclic) bond motifs is 5. The second kappa shape index (κ2) is 8.55. The molecule has 0 aromatic rings. The van der Waals surface area contributed by atoms with Crippen LogP contribution in [-0.2, 0) is 30.6 Å². The summed E-state index contributed by atoms with van der Waals surface area (Å²) in [6, 6.07) is 0. The molecule has 1 amide bonds. The van der Waals surface area contributed by atoms with Crippen LogP contribution in [0, 0.1) is 28.6 Å². The Hall–Kier alpha value is -0.382. The van der Waals surface area contributed by atoms with Crippen LogP contribution in [0.2, 0.25) is 0 Å². The average molecular weight is 579 g/mol. The molecular formula is C20H32ClN2O3Pt+3. The van der Waals surface area contributed by atoms with Crippen molar-refractivity contribution in [3.8, 4) is 0 Å². The van der Waals surface area contributed by atoms with Gasteiger partial charge in [-0.25, -0.2) is 4.79 Å². The SMILES string of the molecule is CC12CCC(=O)C=C1CCC1C2CCC2(C)C(OC(N)=O)CCC12.N.[Cl-].[Pt+4]. The van der Waals surface area contributed by atoms with Crippen LogP contribution in [-0.4, -0.2) is 18.0 Å². The van der Waals surface area contributed by atoms with E-state index in [9.17, 15) is 9.59 Å². The maximum Gasteiger partial charge on any atom is 4.00 e. The molecule has 0 heterocycles. The molecule has 5 N–H and O–H groups in total. The number of rotatable bonds is 1. The summed E-state index contributed by atoms with van der Waals surface area (Å²) in [7, 11) is 0. The Morgan fingerprint density at radius 1 is 1.11 bits per heavy atom. The average Bonchev–Trinajstić information content (AvgIpc) is 2.84. The summed E-state index contributed by atoms with van der Waals surface area (Å²) in [5.74, 6) is 2.31. The first-order valence-electron chi connectivity index (χ1n) is 9.54. The van der Waals surface area contributed by atoms with E-state index in [1.165, 1.54) is 18.4 Å². The minimum Gasteiger partial charge on any atom is -1.00 e. The Morgan fingerprint density at radius 3 is 2.48 bits per heavy atom. The van der Waals surface area contributed by atoms with Gasteiger partial charge in [0.25, 0.3) is 0 Å². The maximum atomic E-state index is 11.9. The zero-order valence-corrected chi connectivity index (χ0v) is 19.3. The predicted molar refractivity (Wildman–Crippen MR) is 96.2 cm³/mol. The molecule has 7 heteroatoms. The van der Waals surface area contributed by atoms with E-state index in [2.05, 4.69) is 13.8 Å². The van der Waals surface area contributed by atoms with Crippen LogP contribution in [0.15, 0.2) is 11.6 Å². The van der Waals surface area contributed by atoms with Gasteiger partial charge in [0, 0.05) is 11.8 Å². The molecule has 154 valence electrons. The third-order valence-electron chi connectivity index (χ3n) is 8.13. The van der Waals surface area contributed by atoms with Gasteiger partial charge in [-0.3, -0.25) is 4.79 Å². The van der Waals surface area contributed by atoms with E-state index in [0.29, 0.717) is 30.0 Å². The second-order valence-electron chi connectivity index (χ2n) is 9.02. The molecule has 6 unspecified atom stereocenters. The number of nitrogens with two attached hydrogens (primary N) is 1. The van der Waals surface area contributed by atoms with Crippen molar-refractivity contribution in [1.82, 2.24) is 6.15 Å². The molecule has 0 radical (unpaired) electrons. The first kappa shape index (κ1) is 24.7. The van der Waals surface area contributed by atoms with Crippen molar-refractivity contribution in [3.63, 3.8) is 0 Å². The number of amides is 1. The van der Waals surface area contributed by atoms with Gasteiger partial charge in [-0.05, 0) is 74.2 Å². The molecule has 3 saturated carbocycles. The number of hydrogen-bond acceptors (Lipinski definition) is 4. The number of carbonyl (C=O) groups excluding carboxylic acids is 2. The molecule has 0 bridgehead atoms. The number of primary amides is 1. The Morgan fingerprint density at radius 2 is 1.81 bits per heavy atom. The van der Waals surface area contributed by atoms with Crippen molar-refractivity contribution in [2.45, 2.75) is 71.3 Å². The molecule has 0 aliphatic heterocycles. The van der Waals surface area contributed by atoms with Crippen LogP contribution < -0.4 is 24.3 Å². The van der Waals surface area contributed by atoms with Crippen molar-refractivity contribution in [1.29, 1.82) is 0 Å². The van der Waals surface area contributed by atoms with Gasteiger partial charge in [-0.2, -0.15) is 0 Å². The predicted octanol–water partition coefficient (Wildman–Crippen LogP) is 1.15. The Labute approximate surface area is 182 Å². The van der Waals surface area contributed by atoms with Gasteiger partial charge in [0.05, 0.1) is 0 Å². The van der Waals surface area contributed by atoms with E-state index in [1.54, 1.807) is 0 Å². The third-order valence-corrected chi connectivity index (χ3v) is 8.13. The summed E-state index contributed by atoms with van der Waals surface area (Å²) in [4.78, 5) is 23.1.